The van der Waals surface area contributed by atoms with Gasteiger partial charge in [-0.2, -0.15) is 10.2 Å². The van der Waals surface area contributed by atoms with Crippen LogP contribution in [0.25, 0.3) is 0 Å². The van der Waals surface area contributed by atoms with Gasteiger partial charge in [-0.1, -0.05) is 0 Å². The van der Waals surface area contributed by atoms with Crippen LogP contribution in [-0.2, 0) is 11.3 Å². The molecule has 2 aromatic rings. The van der Waals surface area contributed by atoms with E-state index in [-0.39, 0.29) is 17.6 Å². The summed E-state index contributed by atoms with van der Waals surface area (Å²) in [6.45, 7) is 8.05. The average molecular weight is 319 g/mol. The SMILES string of the molecule is CCn1ncc(C(C)NC(=O)c2ccnn2C(C)C(=O)O)c1C. The zero-order valence-electron chi connectivity index (χ0n) is 13.6. The van der Waals surface area contributed by atoms with Crippen LogP contribution in [0.5, 0.6) is 0 Å². The molecule has 0 spiro atoms. The molecule has 8 heteroatoms. The van der Waals surface area contributed by atoms with Gasteiger partial charge in [0.1, 0.15) is 11.7 Å². The standard InChI is InChI=1S/C15H21N5O3/c1-5-19-10(3)12(8-17-19)9(2)18-14(21)13-6-7-16-20(13)11(4)15(22)23/h6-9,11H,5H2,1-4H3,(H,18,21)(H,22,23). The highest BCUT2D eigenvalue weighted by molar-refractivity contribution is 5.93. The van der Waals surface area contributed by atoms with E-state index in [2.05, 4.69) is 15.5 Å². The lowest BCUT2D eigenvalue weighted by Gasteiger charge is -2.16. The van der Waals surface area contributed by atoms with E-state index >= 15 is 0 Å². The number of hydrogen-bond acceptors (Lipinski definition) is 4. The highest BCUT2D eigenvalue weighted by Crippen LogP contribution is 2.18. The first-order valence-corrected chi connectivity index (χ1v) is 7.46. The molecule has 0 saturated heterocycles. The zero-order chi connectivity index (χ0) is 17.1. The second kappa shape index (κ2) is 6.64. The summed E-state index contributed by atoms with van der Waals surface area (Å²) in [6, 6.07) is 0.348. The highest BCUT2D eigenvalue weighted by Gasteiger charge is 2.23. The average Bonchev–Trinajstić information content (AvgIpc) is 3.12. The fraction of sp³-hybridized carbons (Fsp3) is 0.467. The number of carboxylic acid groups (broad SMARTS) is 1. The normalized spacial score (nSPS) is 13.6. The molecule has 0 fully saturated rings. The van der Waals surface area contributed by atoms with Crippen molar-refractivity contribution in [1.29, 1.82) is 0 Å². The summed E-state index contributed by atoms with van der Waals surface area (Å²) < 4.78 is 3.06. The molecule has 2 rings (SSSR count). The van der Waals surface area contributed by atoms with Crippen LogP contribution in [-0.4, -0.2) is 36.5 Å². The highest BCUT2D eigenvalue weighted by atomic mass is 16.4. The van der Waals surface area contributed by atoms with Gasteiger partial charge >= 0.3 is 5.97 Å². The number of rotatable bonds is 6. The maximum Gasteiger partial charge on any atom is 0.328 e. The molecule has 2 heterocycles. The lowest BCUT2D eigenvalue weighted by molar-refractivity contribution is -0.140. The number of carbonyl (C=O) groups excluding carboxylic acids is 1. The Morgan fingerprint density at radius 2 is 2.04 bits per heavy atom. The Hall–Kier alpha value is -2.64. The maximum absolute atomic E-state index is 12.4. The Morgan fingerprint density at radius 3 is 2.61 bits per heavy atom. The van der Waals surface area contributed by atoms with Gasteiger partial charge in [0.2, 0.25) is 0 Å². The summed E-state index contributed by atoms with van der Waals surface area (Å²) >= 11 is 0. The molecule has 8 nitrogen and oxygen atoms in total. The number of nitrogens with one attached hydrogen (secondary N) is 1. The molecule has 2 unspecified atom stereocenters. The van der Waals surface area contributed by atoms with Crippen molar-refractivity contribution in [3.63, 3.8) is 0 Å². The van der Waals surface area contributed by atoms with Crippen LogP contribution in [0.15, 0.2) is 18.5 Å². The van der Waals surface area contributed by atoms with E-state index in [1.165, 1.54) is 23.9 Å². The number of aromatic nitrogens is 4. The molecular weight excluding hydrogens is 298 g/mol. The van der Waals surface area contributed by atoms with E-state index in [1.54, 1.807) is 6.20 Å². The lowest BCUT2D eigenvalue weighted by Crippen LogP contribution is -2.31. The van der Waals surface area contributed by atoms with E-state index in [9.17, 15) is 9.59 Å². The topological polar surface area (TPSA) is 102 Å². The molecule has 0 aliphatic carbocycles. The first-order chi connectivity index (χ1) is 10.9. The smallest absolute Gasteiger partial charge is 0.328 e. The van der Waals surface area contributed by atoms with Crippen molar-refractivity contribution < 1.29 is 14.7 Å². The zero-order valence-corrected chi connectivity index (χ0v) is 13.6. The van der Waals surface area contributed by atoms with Crippen LogP contribution >= 0.6 is 0 Å². The summed E-state index contributed by atoms with van der Waals surface area (Å²) in [6.07, 6.45) is 3.15. The van der Waals surface area contributed by atoms with Gasteiger partial charge in [0, 0.05) is 24.0 Å². The predicted molar refractivity (Wildman–Crippen MR) is 83.1 cm³/mol. The van der Waals surface area contributed by atoms with Gasteiger partial charge in [-0.3, -0.25) is 9.48 Å². The van der Waals surface area contributed by atoms with Crippen molar-refractivity contribution in [3.05, 3.63) is 35.4 Å². The van der Waals surface area contributed by atoms with Gasteiger partial charge < -0.3 is 10.4 Å². The Bertz CT molecular complexity index is 719. The molecule has 0 aliphatic rings. The molecule has 1 amide bonds. The number of aliphatic carboxylic acids is 1. The van der Waals surface area contributed by atoms with Gasteiger partial charge in [0.15, 0.2) is 0 Å². The van der Waals surface area contributed by atoms with Crippen LogP contribution in [0.2, 0.25) is 0 Å². The van der Waals surface area contributed by atoms with Crippen LogP contribution in [0.3, 0.4) is 0 Å². The number of carbonyl (C=O) groups is 2. The minimum absolute atomic E-state index is 0.215. The maximum atomic E-state index is 12.4. The van der Waals surface area contributed by atoms with Gasteiger partial charge in [0.05, 0.1) is 12.2 Å². The Labute approximate surface area is 134 Å². The molecule has 0 saturated carbocycles. The third kappa shape index (κ3) is 3.25. The second-order valence-corrected chi connectivity index (χ2v) is 5.37. The Morgan fingerprint density at radius 1 is 1.35 bits per heavy atom. The van der Waals surface area contributed by atoms with E-state index in [0.29, 0.717) is 0 Å². The third-order valence-electron chi connectivity index (χ3n) is 3.88. The summed E-state index contributed by atoms with van der Waals surface area (Å²) in [5.74, 6) is -1.41. The minimum Gasteiger partial charge on any atom is -0.480 e. The van der Waals surface area contributed by atoms with Gasteiger partial charge in [0.25, 0.3) is 5.91 Å². The van der Waals surface area contributed by atoms with Crippen molar-refractivity contribution in [3.8, 4) is 0 Å². The molecule has 0 bridgehead atoms. The van der Waals surface area contributed by atoms with Crippen LogP contribution < -0.4 is 5.32 Å². The predicted octanol–water partition coefficient (Wildman–Crippen LogP) is 1.54. The molecule has 124 valence electrons. The number of amides is 1. The molecule has 2 atom stereocenters. The number of aryl methyl sites for hydroxylation is 1. The largest absolute Gasteiger partial charge is 0.480 e. The van der Waals surface area contributed by atoms with Crippen molar-refractivity contribution in [2.24, 2.45) is 0 Å². The van der Waals surface area contributed by atoms with Crippen molar-refractivity contribution in [2.75, 3.05) is 0 Å². The van der Waals surface area contributed by atoms with Gasteiger partial charge in [-0.25, -0.2) is 9.48 Å². The van der Waals surface area contributed by atoms with Gasteiger partial charge in [-0.05, 0) is 33.8 Å². The summed E-state index contributed by atoms with van der Waals surface area (Å²) in [5.41, 5.74) is 2.14. The quantitative estimate of drug-likeness (QED) is 0.841. The van der Waals surface area contributed by atoms with Crippen molar-refractivity contribution in [2.45, 2.75) is 46.3 Å². The fourth-order valence-electron chi connectivity index (χ4n) is 2.46. The Balaban J connectivity index is 2.18. The third-order valence-corrected chi connectivity index (χ3v) is 3.88. The Kier molecular flexibility index (Phi) is 4.83. The summed E-state index contributed by atoms with van der Waals surface area (Å²) in [5, 5.41) is 20.1. The number of nitrogens with zero attached hydrogens (tertiary/aromatic N) is 4. The molecule has 2 aromatic heterocycles. The number of hydrogen-bond donors (Lipinski definition) is 2. The van der Waals surface area contributed by atoms with Gasteiger partial charge in [-0.15, -0.1) is 0 Å². The molecule has 2 N–H and O–H groups in total. The monoisotopic (exact) mass is 319 g/mol. The fourth-order valence-corrected chi connectivity index (χ4v) is 2.46. The van der Waals surface area contributed by atoms with E-state index in [0.717, 1.165) is 17.8 Å². The molecule has 0 aliphatic heterocycles. The molecular formula is C15H21N5O3. The van der Waals surface area contributed by atoms with E-state index < -0.39 is 12.0 Å². The minimum atomic E-state index is -1.05. The number of carboxylic acids is 1. The van der Waals surface area contributed by atoms with Crippen molar-refractivity contribution in [1.82, 2.24) is 24.9 Å². The van der Waals surface area contributed by atoms with E-state index in [1.807, 2.05) is 25.5 Å². The molecule has 0 aromatic carbocycles. The summed E-state index contributed by atoms with van der Waals surface area (Å²) in [7, 11) is 0. The van der Waals surface area contributed by atoms with Crippen molar-refractivity contribution >= 4 is 11.9 Å². The summed E-state index contributed by atoms with van der Waals surface area (Å²) in [4.78, 5) is 23.5. The molecule has 23 heavy (non-hydrogen) atoms. The molecule has 0 radical (unpaired) electrons. The first kappa shape index (κ1) is 16.7. The lowest BCUT2D eigenvalue weighted by atomic mass is 10.1. The van der Waals surface area contributed by atoms with Crippen LogP contribution in [0, 0.1) is 6.92 Å². The second-order valence-electron chi connectivity index (χ2n) is 5.37. The van der Waals surface area contributed by atoms with Crippen LogP contribution in [0.1, 0.15) is 54.6 Å². The van der Waals surface area contributed by atoms with Crippen LogP contribution in [0.4, 0.5) is 0 Å². The first-order valence-electron chi connectivity index (χ1n) is 7.46. The van der Waals surface area contributed by atoms with E-state index in [4.69, 9.17) is 5.11 Å².